The molecule has 8 aromatic rings. The van der Waals surface area contributed by atoms with Crippen LogP contribution in [0.25, 0.3) is 44.5 Å². The van der Waals surface area contributed by atoms with Crippen LogP contribution < -0.4 is 0 Å². The molecule has 5 aromatic carbocycles. The van der Waals surface area contributed by atoms with E-state index in [0.717, 1.165) is 66.8 Å². The predicted octanol–water partition coefficient (Wildman–Crippen LogP) is 10.6. The standard InChI is InChI=1S/C46H33N3O/c50-45-19-9-37(10-20-45)33-1-11-41(12-2-33)46(42-13-3-34(4-14-42)38-21-27-47-28-22-38,43-15-5-35(6-16-43)39-23-29-48-30-24-39)44-17-7-36(8-18-44)40-25-31-49-32-26-40/h1-32,50H. The molecule has 0 unspecified atom stereocenters. The fraction of sp³-hybridized carbons (Fsp3) is 0.0217. The molecule has 0 aliphatic carbocycles. The second-order valence-corrected chi connectivity index (χ2v) is 12.3. The highest BCUT2D eigenvalue weighted by Gasteiger charge is 2.38. The number of hydrogen-bond acceptors (Lipinski definition) is 4. The lowest BCUT2D eigenvalue weighted by atomic mass is 9.64. The maximum atomic E-state index is 9.90. The van der Waals surface area contributed by atoms with Crippen molar-refractivity contribution in [1.82, 2.24) is 15.0 Å². The topological polar surface area (TPSA) is 58.9 Å². The molecule has 50 heavy (non-hydrogen) atoms. The van der Waals surface area contributed by atoms with E-state index in [1.807, 2.05) is 85.7 Å². The zero-order valence-corrected chi connectivity index (χ0v) is 27.3. The quantitative estimate of drug-likeness (QED) is 0.167. The summed E-state index contributed by atoms with van der Waals surface area (Å²) in [5.74, 6) is 0.255. The van der Waals surface area contributed by atoms with E-state index in [-0.39, 0.29) is 5.75 Å². The van der Waals surface area contributed by atoms with Crippen molar-refractivity contribution in [2.75, 3.05) is 0 Å². The Morgan fingerprint density at radius 2 is 0.460 bits per heavy atom. The van der Waals surface area contributed by atoms with Crippen LogP contribution in [0.1, 0.15) is 22.3 Å². The summed E-state index contributed by atoms with van der Waals surface area (Å²) in [6, 6.07) is 55.3. The number of pyridine rings is 3. The monoisotopic (exact) mass is 643 g/mol. The molecular weight excluding hydrogens is 611 g/mol. The Hall–Kier alpha value is -6.65. The zero-order chi connectivity index (χ0) is 33.8. The Labute approximate surface area is 292 Å². The number of phenolic OH excluding ortho intramolecular Hbond substituents is 1. The van der Waals surface area contributed by atoms with E-state index < -0.39 is 5.41 Å². The van der Waals surface area contributed by atoms with Crippen LogP contribution in [0, 0.1) is 0 Å². The van der Waals surface area contributed by atoms with E-state index in [9.17, 15) is 5.11 Å². The third-order valence-electron chi connectivity index (χ3n) is 9.51. The molecule has 0 spiro atoms. The second kappa shape index (κ2) is 13.5. The van der Waals surface area contributed by atoms with Gasteiger partial charge in [0.05, 0.1) is 5.41 Å². The maximum Gasteiger partial charge on any atom is 0.115 e. The fourth-order valence-electron chi connectivity index (χ4n) is 6.94. The molecule has 0 saturated heterocycles. The molecule has 4 nitrogen and oxygen atoms in total. The van der Waals surface area contributed by atoms with E-state index in [2.05, 4.69) is 112 Å². The summed E-state index contributed by atoms with van der Waals surface area (Å²) in [5, 5.41) is 9.90. The van der Waals surface area contributed by atoms with E-state index in [1.54, 1.807) is 12.1 Å². The Morgan fingerprint density at radius 1 is 0.260 bits per heavy atom. The van der Waals surface area contributed by atoms with Gasteiger partial charge < -0.3 is 5.11 Å². The van der Waals surface area contributed by atoms with Gasteiger partial charge in [-0.25, -0.2) is 0 Å². The molecule has 238 valence electrons. The molecule has 0 fully saturated rings. The molecule has 0 atom stereocenters. The average Bonchev–Trinajstić information content (AvgIpc) is 3.20. The van der Waals surface area contributed by atoms with Gasteiger partial charge in [0, 0.05) is 37.2 Å². The molecule has 0 aliphatic heterocycles. The van der Waals surface area contributed by atoms with Gasteiger partial charge in [-0.2, -0.15) is 0 Å². The van der Waals surface area contributed by atoms with Gasteiger partial charge in [-0.15, -0.1) is 0 Å². The Bertz CT molecular complexity index is 2110. The number of aromatic nitrogens is 3. The van der Waals surface area contributed by atoms with Crippen molar-refractivity contribution in [3.8, 4) is 50.3 Å². The predicted molar refractivity (Wildman–Crippen MR) is 202 cm³/mol. The Morgan fingerprint density at radius 3 is 0.700 bits per heavy atom. The summed E-state index contributed by atoms with van der Waals surface area (Å²) in [5.41, 5.74) is 12.8. The zero-order valence-electron chi connectivity index (χ0n) is 27.3. The maximum absolute atomic E-state index is 9.90. The van der Waals surface area contributed by atoms with Gasteiger partial charge in [-0.05, 0) is 115 Å². The van der Waals surface area contributed by atoms with Crippen molar-refractivity contribution in [1.29, 1.82) is 0 Å². The summed E-state index contributed by atoms with van der Waals surface area (Å²) in [6.45, 7) is 0. The van der Waals surface area contributed by atoms with Gasteiger partial charge in [0.2, 0.25) is 0 Å². The minimum Gasteiger partial charge on any atom is -0.508 e. The molecule has 0 bridgehead atoms. The first-order valence-electron chi connectivity index (χ1n) is 16.6. The number of rotatable bonds is 8. The van der Waals surface area contributed by atoms with Crippen molar-refractivity contribution in [2.45, 2.75) is 5.41 Å². The highest BCUT2D eigenvalue weighted by atomic mass is 16.3. The minimum absolute atomic E-state index is 0.255. The molecule has 3 heterocycles. The van der Waals surface area contributed by atoms with E-state index >= 15 is 0 Å². The van der Waals surface area contributed by atoms with Crippen molar-refractivity contribution < 1.29 is 5.11 Å². The molecule has 3 aromatic heterocycles. The SMILES string of the molecule is Oc1ccc(-c2ccc(C(c3ccc(-c4ccncc4)cc3)(c3ccc(-c4ccncc4)cc3)c3ccc(-c4ccncc4)cc3)cc2)cc1. The molecule has 0 radical (unpaired) electrons. The average molecular weight is 644 g/mol. The highest BCUT2D eigenvalue weighted by Crippen LogP contribution is 2.47. The van der Waals surface area contributed by atoms with Gasteiger partial charge >= 0.3 is 0 Å². The summed E-state index contributed by atoms with van der Waals surface area (Å²) in [7, 11) is 0. The van der Waals surface area contributed by atoms with Crippen LogP contribution in [0.15, 0.2) is 195 Å². The van der Waals surface area contributed by atoms with Crippen LogP contribution in [0.4, 0.5) is 0 Å². The molecular formula is C46H33N3O. The first-order chi connectivity index (χ1) is 24.7. The molecule has 0 aliphatic rings. The van der Waals surface area contributed by atoms with Gasteiger partial charge in [-0.3, -0.25) is 15.0 Å². The fourth-order valence-corrected chi connectivity index (χ4v) is 6.94. The normalized spacial score (nSPS) is 11.3. The third-order valence-corrected chi connectivity index (χ3v) is 9.51. The van der Waals surface area contributed by atoms with Crippen molar-refractivity contribution in [3.05, 3.63) is 217 Å². The summed E-state index contributed by atoms with van der Waals surface area (Å²) in [6.07, 6.45) is 11.0. The number of nitrogens with zero attached hydrogens (tertiary/aromatic N) is 3. The van der Waals surface area contributed by atoms with Crippen LogP contribution in [0.3, 0.4) is 0 Å². The van der Waals surface area contributed by atoms with Gasteiger partial charge in [0.25, 0.3) is 0 Å². The minimum atomic E-state index is -0.655. The largest absolute Gasteiger partial charge is 0.508 e. The van der Waals surface area contributed by atoms with E-state index in [1.165, 1.54) is 0 Å². The van der Waals surface area contributed by atoms with Crippen molar-refractivity contribution in [2.24, 2.45) is 0 Å². The lowest BCUT2D eigenvalue weighted by molar-refractivity contribution is 0.475. The van der Waals surface area contributed by atoms with Crippen molar-refractivity contribution in [3.63, 3.8) is 0 Å². The van der Waals surface area contributed by atoms with Gasteiger partial charge in [-0.1, -0.05) is 109 Å². The Kier molecular flexibility index (Phi) is 8.26. The van der Waals surface area contributed by atoms with Crippen LogP contribution in [0.2, 0.25) is 0 Å². The summed E-state index contributed by atoms with van der Waals surface area (Å²) >= 11 is 0. The first kappa shape index (κ1) is 30.7. The van der Waals surface area contributed by atoms with Crippen LogP contribution in [0.5, 0.6) is 5.75 Å². The van der Waals surface area contributed by atoms with Crippen molar-refractivity contribution >= 4 is 0 Å². The van der Waals surface area contributed by atoms with Crippen LogP contribution >= 0.6 is 0 Å². The van der Waals surface area contributed by atoms with Crippen LogP contribution in [-0.2, 0) is 5.41 Å². The first-order valence-corrected chi connectivity index (χ1v) is 16.6. The van der Waals surface area contributed by atoms with E-state index in [0.29, 0.717) is 0 Å². The lowest BCUT2D eigenvalue weighted by Gasteiger charge is -2.37. The summed E-state index contributed by atoms with van der Waals surface area (Å²) in [4.78, 5) is 12.7. The van der Waals surface area contributed by atoms with Crippen LogP contribution in [-0.4, -0.2) is 20.1 Å². The van der Waals surface area contributed by atoms with Gasteiger partial charge in [0.15, 0.2) is 0 Å². The molecule has 8 rings (SSSR count). The lowest BCUT2D eigenvalue weighted by Crippen LogP contribution is -2.31. The summed E-state index contributed by atoms with van der Waals surface area (Å²) < 4.78 is 0. The Balaban J connectivity index is 1.34. The number of aromatic hydroxyl groups is 1. The smallest absolute Gasteiger partial charge is 0.115 e. The molecule has 0 amide bonds. The van der Waals surface area contributed by atoms with Gasteiger partial charge in [0.1, 0.15) is 5.75 Å². The number of benzene rings is 5. The molecule has 4 heteroatoms. The second-order valence-electron chi connectivity index (χ2n) is 12.3. The number of phenols is 1. The number of hydrogen-bond donors (Lipinski definition) is 1. The molecule has 1 N–H and O–H groups in total. The highest BCUT2D eigenvalue weighted by molar-refractivity contribution is 5.72. The molecule has 0 saturated carbocycles. The third kappa shape index (κ3) is 5.84. The van der Waals surface area contributed by atoms with E-state index in [4.69, 9.17) is 0 Å².